The summed E-state index contributed by atoms with van der Waals surface area (Å²) in [5.74, 6) is 1.46. The van der Waals surface area contributed by atoms with Gasteiger partial charge in [-0.05, 0) is 37.7 Å². The molecule has 1 unspecified atom stereocenters. The van der Waals surface area contributed by atoms with Gasteiger partial charge in [-0.1, -0.05) is 6.92 Å². The fourth-order valence-electron chi connectivity index (χ4n) is 2.73. The number of aliphatic hydroxyl groups is 1. The van der Waals surface area contributed by atoms with E-state index in [0.717, 1.165) is 43.8 Å². The molecule has 1 N–H and O–H groups in total. The SMILES string of the molecule is COC1(C(O)C2=CCCO2)CCC(C)CC1. The molecular weight excluding hydrogens is 204 g/mol. The van der Waals surface area contributed by atoms with Gasteiger partial charge in [-0.15, -0.1) is 0 Å². The van der Waals surface area contributed by atoms with Crippen LogP contribution in [0.25, 0.3) is 0 Å². The molecule has 0 radical (unpaired) electrons. The highest BCUT2D eigenvalue weighted by atomic mass is 16.5. The van der Waals surface area contributed by atoms with E-state index in [0.29, 0.717) is 6.61 Å². The molecule has 0 bridgehead atoms. The van der Waals surface area contributed by atoms with Crippen LogP contribution in [-0.2, 0) is 9.47 Å². The fraction of sp³-hybridized carbons (Fsp3) is 0.846. The van der Waals surface area contributed by atoms with Crippen LogP contribution in [0.4, 0.5) is 0 Å². The summed E-state index contributed by atoms with van der Waals surface area (Å²) < 4.78 is 11.1. The Morgan fingerprint density at radius 3 is 2.69 bits per heavy atom. The second kappa shape index (κ2) is 4.76. The van der Waals surface area contributed by atoms with E-state index in [9.17, 15) is 5.11 Å². The molecule has 1 aliphatic heterocycles. The average molecular weight is 226 g/mol. The first-order valence-electron chi connectivity index (χ1n) is 6.24. The zero-order chi connectivity index (χ0) is 11.6. The van der Waals surface area contributed by atoms with Gasteiger partial charge in [0, 0.05) is 13.5 Å². The van der Waals surface area contributed by atoms with Gasteiger partial charge in [-0.25, -0.2) is 0 Å². The Labute approximate surface area is 97.4 Å². The zero-order valence-electron chi connectivity index (χ0n) is 10.2. The molecular formula is C13H22O3. The topological polar surface area (TPSA) is 38.7 Å². The lowest BCUT2D eigenvalue weighted by atomic mass is 9.76. The van der Waals surface area contributed by atoms with Crippen LogP contribution in [0.2, 0.25) is 0 Å². The van der Waals surface area contributed by atoms with Crippen LogP contribution in [0, 0.1) is 5.92 Å². The Morgan fingerprint density at radius 2 is 2.19 bits per heavy atom. The van der Waals surface area contributed by atoms with Gasteiger partial charge in [0.25, 0.3) is 0 Å². The summed E-state index contributed by atoms with van der Waals surface area (Å²) in [6, 6.07) is 0. The Bertz CT molecular complexity index is 264. The minimum atomic E-state index is -0.590. The Balaban J connectivity index is 2.08. The first kappa shape index (κ1) is 11.9. The lowest BCUT2D eigenvalue weighted by molar-refractivity contribution is -0.126. The first-order valence-corrected chi connectivity index (χ1v) is 6.24. The van der Waals surface area contributed by atoms with Crippen LogP contribution >= 0.6 is 0 Å². The van der Waals surface area contributed by atoms with E-state index in [1.807, 2.05) is 6.08 Å². The first-order chi connectivity index (χ1) is 7.68. The number of rotatable bonds is 3. The van der Waals surface area contributed by atoms with Crippen molar-refractivity contribution in [3.8, 4) is 0 Å². The van der Waals surface area contributed by atoms with E-state index in [1.165, 1.54) is 0 Å². The monoisotopic (exact) mass is 226 g/mol. The number of hydrogen-bond acceptors (Lipinski definition) is 3. The Hall–Kier alpha value is -0.540. The maximum Gasteiger partial charge on any atom is 0.139 e. The molecule has 16 heavy (non-hydrogen) atoms. The summed E-state index contributed by atoms with van der Waals surface area (Å²) in [4.78, 5) is 0. The van der Waals surface area contributed by atoms with Gasteiger partial charge >= 0.3 is 0 Å². The van der Waals surface area contributed by atoms with Gasteiger partial charge < -0.3 is 14.6 Å². The third-order valence-corrected chi connectivity index (χ3v) is 4.03. The van der Waals surface area contributed by atoms with Gasteiger partial charge in [0.1, 0.15) is 17.5 Å². The third kappa shape index (κ3) is 2.11. The number of ether oxygens (including phenoxy) is 2. The number of methoxy groups -OCH3 is 1. The average Bonchev–Trinajstić information content (AvgIpc) is 2.83. The molecule has 1 aliphatic carbocycles. The van der Waals surface area contributed by atoms with Crippen LogP contribution in [0.3, 0.4) is 0 Å². The highest BCUT2D eigenvalue weighted by molar-refractivity contribution is 5.12. The van der Waals surface area contributed by atoms with Crippen molar-refractivity contribution in [1.29, 1.82) is 0 Å². The minimum Gasteiger partial charge on any atom is -0.495 e. The molecule has 1 saturated carbocycles. The second-order valence-electron chi connectivity index (χ2n) is 5.10. The molecule has 0 spiro atoms. The van der Waals surface area contributed by atoms with Crippen LogP contribution in [0.5, 0.6) is 0 Å². The summed E-state index contributed by atoms with van der Waals surface area (Å²) in [7, 11) is 1.70. The maximum atomic E-state index is 10.4. The van der Waals surface area contributed by atoms with Crippen molar-refractivity contribution in [2.24, 2.45) is 5.92 Å². The lowest BCUT2D eigenvalue weighted by Gasteiger charge is -2.41. The van der Waals surface area contributed by atoms with Crippen LogP contribution in [0.15, 0.2) is 11.8 Å². The molecule has 0 aromatic rings. The minimum absolute atomic E-state index is 0.414. The quantitative estimate of drug-likeness (QED) is 0.802. The molecule has 0 aromatic carbocycles. The smallest absolute Gasteiger partial charge is 0.139 e. The molecule has 1 heterocycles. The molecule has 3 nitrogen and oxygen atoms in total. The van der Waals surface area contributed by atoms with E-state index in [1.54, 1.807) is 7.11 Å². The van der Waals surface area contributed by atoms with E-state index in [-0.39, 0.29) is 0 Å². The Kier molecular flexibility index (Phi) is 3.55. The predicted molar refractivity (Wildman–Crippen MR) is 62.0 cm³/mol. The van der Waals surface area contributed by atoms with Gasteiger partial charge in [0.15, 0.2) is 0 Å². The lowest BCUT2D eigenvalue weighted by Crippen LogP contribution is -2.47. The largest absolute Gasteiger partial charge is 0.495 e. The molecule has 1 fully saturated rings. The van der Waals surface area contributed by atoms with Crippen LogP contribution in [-0.4, -0.2) is 30.5 Å². The molecule has 0 saturated heterocycles. The molecule has 2 rings (SSSR count). The van der Waals surface area contributed by atoms with Gasteiger partial charge in [-0.2, -0.15) is 0 Å². The molecule has 0 amide bonds. The summed E-state index contributed by atoms with van der Waals surface area (Å²) in [5.41, 5.74) is -0.414. The molecule has 3 heteroatoms. The van der Waals surface area contributed by atoms with E-state index in [2.05, 4.69) is 6.92 Å². The summed E-state index contributed by atoms with van der Waals surface area (Å²) in [6.45, 7) is 2.96. The van der Waals surface area contributed by atoms with Crippen molar-refractivity contribution in [2.75, 3.05) is 13.7 Å². The van der Waals surface area contributed by atoms with Crippen LogP contribution in [0.1, 0.15) is 39.0 Å². The summed E-state index contributed by atoms with van der Waals surface area (Å²) >= 11 is 0. The van der Waals surface area contributed by atoms with Crippen molar-refractivity contribution in [2.45, 2.75) is 50.7 Å². The van der Waals surface area contributed by atoms with Gasteiger partial charge in [0.05, 0.1) is 6.61 Å². The van der Waals surface area contributed by atoms with Crippen molar-refractivity contribution < 1.29 is 14.6 Å². The maximum absolute atomic E-state index is 10.4. The van der Waals surface area contributed by atoms with Crippen molar-refractivity contribution >= 4 is 0 Å². The van der Waals surface area contributed by atoms with E-state index >= 15 is 0 Å². The molecule has 1 atom stereocenters. The van der Waals surface area contributed by atoms with Crippen molar-refractivity contribution in [3.63, 3.8) is 0 Å². The van der Waals surface area contributed by atoms with E-state index in [4.69, 9.17) is 9.47 Å². The molecule has 2 aliphatic rings. The van der Waals surface area contributed by atoms with E-state index < -0.39 is 11.7 Å². The highest BCUT2D eigenvalue weighted by Gasteiger charge is 2.43. The standard InChI is InChI=1S/C13H22O3/c1-10-5-7-13(15-2,8-6-10)12(14)11-4-3-9-16-11/h4,10,12,14H,3,5-9H2,1-2H3. The zero-order valence-corrected chi connectivity index (χ0v) is 10.2. The van der Waals surface area contributed by atoms with Crippen molar-refractivity contribution in [3.05, 3.63) is 11.8 Å². The normalized spacial score (nSPS) is 36.7. The van der Waals surface area contributed by atoms with Gasteiger partial charge in [-0.3, -0.25) is 0 Å². The molecule has 92 valence electrons. The second-order valence-corrected chi connectivity index (χ2v) is 5.10. The predicted octanol–water partition coefficient (Wildman–Crippen LogP) is 2.25. The number of aliphatic hydroxyl groups excluding tert-OH is 1. The van der Waals surface area contributed by atoms with Crippen molar-refractivity contribution in [1.82, 2.24) is 0 Å². The summed E-state index contributed by atoms with van der Waals surface area (Å²) in [5, 5.41) is 10.4. The third-order valence-electron chi connectivity index (χ3n) is 4.03. The highest BCUT2D eigenvalue weighted by Crippen LogP contribution is 2.39. The fourth-order valence-corrected chi connectivity index (χ4v) is 2.73. The number of hydrogen-bond donors (Lipinski definition) is 1. The van der Waals surface area contributed by atoms with Crippen LogP contribution < -0.4 is 0 Å². The molecule has 0 aromatic heterocycles. The summed E-state index contributed by atoms with van der Waals surface area (Å²) in [6.07, 6.45) is 6.40. The Morgan fingerprint density at radius 1 is 1.50 bits per heavy atom. The van der Waals surface area contributed by atoms with Gasteiger partial charge in [0.2, 0.25) is 0 Å².